The van der Waals surface area contributed by atoms with Crippen LogP contribution < -0.4 is 16.2 Å². The molecule has 0 aliphatic rings. The Morgan fingerprint density at radius 1 is 1.45 bits per heavy atom. The predicted octanol–water partition coefficient (Wildman–Crippen LogP) is 1.61. The van der Waals surface area contributed by atoms with E-state index in [9.17, 15) is 9.59 Å². The molecule has 0 spiro atoms. The molecular weight excluding hydrogens is 397 g/mol. The van der Waals surface area contributed by atoms with Crippen LogP contribution in [0.4, 0.5) is 5.69 Å². The zero-order valence-corrected chi connectivity index (χ0v) is 15.0. The molecule has 3 N–H and O–H groups in total. The van der Waals surface area contributed by atoms with Crippen molar-refractivity contribution in [3.63, 3.8) is 0 Å². The first-order chi connectivity index (χ1) is 9.51. The number of halogens is 3. The molecule has 0 radical (unpaired) electrons. The van der Waals surface area contributed by atoms with Gasteiger partial charge in [0.25, 0.3) is 5.56 Å². The Morgan fingerprint density at radius 3 is 2.68 bits per heavy atom. The predicted molar refractivity (Wildman–Crippen MR) is 92.9 cm³/mol. The van der Waals surface area contributed by atoms with Crippen molar-refractivity contribution in [1.29, 1.82) is 0 Å². The van der Waals surface area contributed by atoms with Crippen molar-refractivity contribution in [2.24, 2.45) is 7.05 Å². The number of carbonyl (C=O) groups excluding carboxylic acids is 1. The van der Waals surface area contributed by atoms with Crippen molar-refractivity contribution >= 4 is 52.3 Å². The number of rotatable bonds is 4. The molecule has 1 unspecified atom stereocenters. The topological polar surface area (TPSA) is 91.8 Å². The maximum absolute atomic E-state index is 12.2. The summed E-state index contributed by atoms with van der Waals surface area (Å²) in [5.74, 6) is -0.330. The number of hydrogen-bond acceptors (Lipinski definition) is 4. The third-order valence-electron chi connectivity index (χ3n) is 2.73. The molecule has 122 valence electrons. The van der Waals surface area contributed by atoms with Crippen molar-refractivity contribution in [1.82, 2.24) is 20.1 Å². The third-order valence-corrected chi connectivity index (χ3v) is 3.19. The second kappa shape index (κ2) is 8.94. The van der Waals surface area contributed by atoms with Gasteiger partial charge < -0.3 is 15.6 Å². The Hall–Kier alpha value is -1.35. The summed E-state index contributed by atoms with van der Waals surface area (Å²) in [5.41, 5.74) is 0.551. The van der Waals surface area contributed by atoms with Crippen molar-refractivity contribution in [2.45, 2.75) is 6.04 Å². The summed E-state index contributed by atoms with van der Waals surface area (Å²) in [6.07, 6.45) is 4.85. The van der Waals surface area contributed by atoms with Gasteiger partial charge in [0.2, 0.25) is 5.91 Å². The Morgan fingerprint density at radius 2 is 2.14 bits per heavy atom. The van der Waals surface area contributed by atoms with Crippen LogP contribution in [0.3, 0.4) is 0 Å². The summed E-state index contributed by atoms with van der Waals surface area (Å²) < 4.78 is 2.29. The van der Waals surface area contributed by atoms with Crippen LogP contribution in [0, 0.1) is 0 Å². The Kier molecular flexibility index (Phi) is 8.39. The Bertz CT molecular complexity index is 688. The molecule has 10 heteroatoms. The summed E-state index contributed by atoms with van der Waals surface area (Å²) in [6, 6.07) is 0.967. The third kappa shape index (κ3) is 4.84. The minimum atomic E-state index is -0.581. The van der Waals surface area contributed by atoms with Gasteiger partial charge in [0, 0.05) is 29.5 Å². The van der Waals surface area contributed by atoms with E-state index >= 15 is 0 Å². The standard InChI is InChI=1S/C12H14BrN5O2.2ClH/c1-14-10(7-4-16-18(2)6-7)12(20)17-9-3-8(13)5-15-11(9)19;;/h3-6,10,14H,1-2H3,(H,15,19)(H,17,20);2*1H. The fourth-order valence-electron chi connectivity index (χ4n) is 1.79. The lowest BCUT2D eigenvalue weighted by Crippen LogP contribution is -2.32. The van der Waals surface area contributed by atoms with E-state index in [0.717, 1.165) is 5.56 Å². The van der Waals surface area contributed by atoms with E-state index in [1.807, 2.05) is 0 Å². The zero-order valence-electron chi connectivity index (χ0n) is 11.8. The molecule has 1 atom stereocenters. The fraction of sp³-hybridized carbons (Fsp3) is 0.250. The SMILES string of the molecule is CNC(C(=O)Nc1cc(Br)c[nH]c1=O)c1cnn(C)c1.Cl.Cl. The monoisotopic (exact) mass is 411 g/mol. The fourth-order valence-corrected chi connectivity index (χ4v) is 2.14. The van der Waals surface area contributed by atoms with Gasteiger partial charge in [-0.05, 0) is 29.0 Å². The molecule has 0 aliphatic heterocycles. The van der Waals surface area contributed by atoms with E-state index in [4.69, 9.17) is 0 Å². The summed E-state index contributed by atoms with van der Waals surface area (Å²) in [4.78, 5) is 26.4. The highest BCUT2D eigenvalue weighted by Gasteiger charge is 2.21. The van der Waals surface area contributed by atoms with Crippen molar-refractivity contribution < 1.29 is 4.79 Å². The molecule has 2 aromatic rings. The molecule has 0 fully saturated rings. The number of nitrogens with one attached hydrogen (secondary N) is 3. The molecule has 0 saturated heterocycles. The molecule has 2 rings (SSSR count). The first-order valence-electron chi connectivity index (χ1n) is 5.86. The first-order valence-corrected chi connectivity index (χ1v) is 6.65. The maximum atomic E-state index is 12.2. The van der Waals surface area contributed by atoms with Gasteiger partial charge in [-0.15, -0.1) is 24.8 Å². The Labute approximate surface area is 147 Å². The number of aromatic amines is 1. The van der Waals surface area contributed by atoms with Crippen molar-refractivity contribution in [2.75, 3.05) is 12.4 Å². The largest absolute Gasteiger partial charge is 0.326 e. The Balaban J connectivity index is 0.00000220. The van der Waals surface area contributed by atoms with Gasteiger partial charge in [-0.2, -0.15) is 5.10 Å². The second-order valence-corrected chi connectivity index (χ2v) is 5.13. The number of aromatic nitrogens is 3. The van der Waals surface area contributed by atoms with Crippen LogP contribution in [0.25, 0.3) is 0 Å². The maximum Gasteiger partial charge on any atom is 0.271 e. The number of carbonyl (C=O) groups is 1. The van der Waals surface area contributed by atoms with Gasteiger partial charge in [-0.3, -0.25) is 14.3 Å². The summed E-state index contributed by atoms with van der Waals surface area (Å²) in [6.45, 7) is 0. The molecule has 7 nitrogen and oxygen atoms in total. The van der Waals surface area contributed by atoms with Gasteiger partial charge in [0.05, 0.1) is 6.20 Å². The summed E-state index contributed by atoms with van der Waals surface area (Å²) in [7, 11) is 3.44. The van der Waals surface area contributed by atoms with Crippen molar-refractivity contribution in [3.8, 4) is 0 Å². The minimum absolute atomic E-state index is 0. The molecule has 0 saturated carbocycles. The van der Waals surface area contributed by atoms with Gasteiger partial charge in [-0.25, -0.2) is 0 Å². The van der Waals surface area contributed by atoms with Crippen LogP contribution >= 0.6 is 40.7 Å². The normalized spacial score (nSPS) is 11.0. The van der Waals surface area contributed by atoms with E-state index < -0.39 is 6.04 Å². The van der Waals surface area contributed by atoms with Crippen LogP contribution in [-0.2, 0) is 11.8 Å². The quantitative estimate of drug-likeness (QED) is 0.711. The molecular formula is C12H16BrCl2N5O2. The van der Waals surface area contributed by atoms with E-state index in [-0.39, 0.29) is 42.0 Å². The molecule has 2 aromatic heterocycles. The number of hydrogen-bond donors (Lipinski definition) is 3. The number of nitrogens with zero attached hydrogens (tertiary/aromatic N) is 2. The number of likely N-dealkylation sites (N-methyl/N-ethyl adjacent to an activating group) is 1. The minimum Gasteiger partial charge on any atom is -0.326 e. The summed E-state index contributed by atoms with van der Waals surface area (Å²) in [5, 5.41) is 9.52. The average Bonchev–Trinajstić information content (AvgIpc) is 2.81. The molecule has 22 heavy (non-hydrogen) atoms. The summed E-state index contributed by atoms with van der Waals surface area (Å²) >= 11 is 3.24. The first kappa shape index (κ1) is 20.6. The highest BCUT2D eigenvalue weighted by Crippen LogP contribution is 2.15. The van der Waals surface area contributed by atoms with Crippen molar-refractivity contribution in [3.05, 3.63) is 45.0 Å². The molecule has 0 bridgehead atoms. The zero-order chi connectivity index (χ0) is 14.7. The van der Waals surface area contributed by atoms with Gasteiger partial charge >= 0.3 is 0 Å². The van der Waals surface area contributed by atoms with E-state index in [1.54, 1.807) is 37.2 Å². The van der Waals surface area contributed by atoms with E-state index in [2.05, 4.69) is 36.6 Å². The lowest BCUT2D eigenvalue weighted by atomic mass is 10.1. The van der Waals surface area contributed by atoms with Gasteiger partial charge in [0.15, 0.2) is 0 Å². The van der Waals surface area contributed by atoms with Crippen LogP contribution in [-0.4, -0.2) is 27.7 Å². The number of amides is 1. The van der Waals surface area contributed by atoms with Gasteiger partial charge in [0.1, 0.15) is 11.7 Å². The van der Waals surface area contributed by atoms with Crippen LogP contribution in [0.15, 0.2) is 33.9 Å². The molecule has 0 aromatic carbocycles. The molecule has 0 aliphatic carbocycles. The highest BCUT2D eigenvalue weighted by atomic mass is 79.9. The number of aryl methyl sites for hydroxylation is 1. The van der Waals surface area contributed by atoms with Crippen LogP contribution in [0.5, 0.6) is 0 Å². The molecule has 1 amide bonds. The lowest BCUT2D eigenvalue weighted by Gasteiger charge is -2.14. The molecule has 2 heterocycles. The number of anilines is 1. The second-order valence-electron chi connectivity index (χ2n) is 4.22. The van der Waals surface area contributed by atoms with E-state index in [1.165, 1.54) is 6.20 Å². The van der Waals surface area contributed by atoms with Crippen LogP contribution in [0.1, 0.15) is 11.6 Å². The number of pyridine rings is 1. The van der Waals surface area contributed by atoms with Gasteiger partial charge in [-0.1, -0.05) is 0 Å². The number of H-pyrrole nitrogens is 1. The smallest absolute Gasteiger partial charge is 0.271 e. The highest BCUT2D eigenvalue weighted by molar-refractivity contribution is 9.10. The van der Waals surface area contributed by atoms with E-state index in [0.29, 0.717) is 4.47 Å². The lowest BCUT2D eigenvalue weighted by molar-refractivity contribution is -0.118. The average molecular weight is 413 g/mol. The van der Waals surface area contributed by atoms with Crippen LogP contribution in [0.2, 0.25) is 0 Å².